The van der Waals surface area contributed by atoms with Crippen LogP contribution in [0.1, 0.15) is 40.4 Å². The molecule has 2 rings (SSSR count). The van der Waals surface area contributed by atoms with Crippen molar-refractivity contribution in [1.82, 2.24) is 5.32 Å². The summed E-state index contributed by atoms with van der Waals surface area (Å²) >= 11 is 1.47. The molecule has 0 atom stereocenters. The fraction of sp³-hybridized carbons (Fsp3) is 0.368. The molecule has 134 valence electrons. The first-order valence-corrected chi connectivity index (χ1v) is 9.26. The van der Waals surface area contributed by atoms with E-state index in [1.807, 2.05) is 38.1 Å². The van der Waals surface area contributed by atoms with Gasteiger partial charge in [-0.25, -0.2) is 0 Å². The lowest BCUT2D eigenvalue weighted by atomic mass is 10.2. The summed E-state index contributed by atoms with van der Waals surface area (Å²) in [5, 5.41) is 5.44. The summed E-state index contributed by atoms with van der Waals surface area (Å²) in [5.74, 6) is 0.119. The molecule has 0 saturated carbocycles. The molecule has 0 aliphatic rings. The number of benzene rings is 1. The molecular weight excluding hydrogens is 336 g/mol. The van der Waals surface area contributed by atoms with Gasteiger partial charge in [-0.2, -0.15) is 0 Å². The molecule has 0 aliphatic carbocycles. The standard InChI is InChI=1S/C19H24N2O3S/c1-4-10-24-15-9-7-6-8-14(15)21-18(22)12-20-19(23)17-11-13(3)16(5-2)25-17/h6-9,11H,4-5,10,12H2,1-3H3,(H,20,23)(H,21,22). The summed E-state index contributed by atoms with van der Waals surface area (Å²) in [7, 11) is 0. The van der Waals surface area contributed by atoms with E-state index < -0.39 is 0 Å². The van der Waals surface area contributed by atoms with Gasteiger partial charge in [-0.15, -0.1) is 11.3 Å². The van der Waals surface area contributed by atoms with E-state index in [4.69, 9.17) is 4.74 Å². The van der Waals surface area contributed by atoms with Gasteiger partial charge >= 0.3 is 0 Å². The number of hydrogen-bond acceptors (Lipinski definition) is 4. The van der Waals surface area contributed by atoms with Crippen LogP contribution >= 0.6 is 11.3 Å². The van der Waals surface area contributed by atoms with Crippen LogP contribution in [0.4, 0.5) is 5.69 Å². The first-order valence-electron chi connectivity index (χ1n) is 8.44. The van der Waals surface area contributed by atoms with Gasteiger partial charge in [0.25, 0.3) is 5.91 Å². The number of hydrogen-bond donors (Lipinski definition) is 2. The zero-order valence-corrected chi connectivity index (χ0v) is 15.7. The average Bonchev–Trinajstić information content (AvgIpc) is 3.00. The number of thiophene rings is 1. The van der Waals surface area contributed by atoms with E-state index in [0.717, 1.165) is 18.4 Å². The fourth-order valence-corrected chi connectivity index (χ4v) is 3.36. The van der Waals surface area contributed by atoms with Crippen molar-refractivity contribution in [2.75, 3.05) is 18.5 Å². The van der Waals surface area contributed by atoms with Gasteiger partial charge in [-0.1, -0.05) is 26.0 Å². The monoisotopic (exact) mass is 360 g/mol. The molecule has 0 aliphatic heterocycles. The van der Waals surface area contributed by atoms with Crippen LogP contribution in [-0.4, -0.2) is 25.0 Å². The Morgan fingerprint density at radius 3 is 2.64 bits per heavy atom. The highest BCUT2D eigenvalue weighted by molar-refractivity contribution is 7.14. The van der Waals surface area contributed by atoms with Crippen molar-refractivity contribution in [2.24, 2.45) is 0 Å². The molecule has 1 aromatic carbocycles. The minimum absolute atomic E-state index is 0.0840. The Hall–Kier alpha value is -2.34. The zero-order valence-electron chi connectivity index (χ0n) is 14.8. The van der Waals surface area contributed by atoms with E-state index in [9.17, 15) is 9.59 Å². The Labute approximate surface area is 152 Å². The second-order valence-electron chi connectivity index (χ2n) is 5.65. The van der Waals surface area contributed by atoms with Gasteiger partial charge in [0.05, 0.1) is 23.7 Å². The summed E-state index contributed by atoms with van der Waals surface area (Å²) in [5.41, 5.74) is 1.72. The third-order valence-corrected chi connectivity index (χ3v) is 4.98. The normalized spacial score (nSPS) is 10.4. The van der Waals surface area contributed by atoms with Gasteiger partial charge in [-0.3, -0.25) is 9.59 Å². The predicted molar refractivity (Wildman–Crippen MR) is 102 cm³/mol. The quantitative estimate of drug-likeness (QED) is 0.753. The third-order valence-electron chi connectivity index (χ3n) is 3.60. The summed E-state index contributed by atoms with van der Waals surface area (Å²) in [4.78, 5) is 26.1. The Morgan fingerprint density at radius 2 is 1.96 bits per heavy atom. The average molecular weight is 360 g/mol. The molecule has 1 heterocycles. The lowest BCUT2D eigenvalue weighted by Crippen LogP contribution is -2.32. The van der Waals surface area contributed by atoms with Crippen LogP contribution in [0.5, 0.6) is 5.75 Å². The van der Waals surface area contributed by atoms with Gasteiger partial charge in [0.15, 0.2) is 0 Å². The van der Waals surface area contributed by atoms with Crippen LogP contribution in [0.15, 0.2) is 30.3 Å². The second-order valence-corrected chi connectivity index (χ2v) is 6.78. The summed E-state index contributed by atoms with van der Waals surface area (Å²) < 4.78 is 5.61. The van der Waals surface area contributed by atoms with Gasteiger partial charge in [0, 0.05) is 4.88 Å². The molecule has 6 heteroatoms. The Morgan fingerprint density at radius 1 is 1.20 bits per heavy atom. The molecule has 1 aromatic heterocycles. The van der Waals surface area contributed by atoms with Crippen molar-refractivity contribution < 1.29 is 14.3 Å². The molecule has 2 aromatic rings. The van der Waals surface area contributed by atoms with Gasteiger partial charge < -0.3 is 15.4 Å². The Balaban J connectivity index is 1.91. The molecule has 25 heavy (non-hydrogen) atoms. The summed E-state index contributed by atoms with van der Waals surface area (Å²) in [6.07, 6.45) is 1.79. The van der Waals surface area contributed by atoms with Crippen molar-refractivity contribution >= 4 is 28.8 Å². The third kappa shape index (κ3) is 5.32. The molecule has 2 amide bonds. The molecule has 0 radical (unpaired) electrons. The van der Waals surface area contributed by atoms with Crippen LogP contribution in [0.25, 0.3) is 0 Å². The minimum atomic E-state index is -0.287. The number of aryl methyl sites for hydroxylation is 2. The number of nitrogens with one attached hydrogen (secondary N) is 2. The first-order chi connectivity index (χ1) is 12.0. The fourth-order valence-electron chi connectivity index (χ4n) is 2.33. The SMILES string of the molecule is CCCOc1ccccc1NC(=O)CNC(=O)c1cc(C)c(CC)s1. The number of anilines is 1. The van der Waals surface area contributed by atoms with Crippen molar-refractivity contribution in [3.8, 4) is 5.75 Å². The van der Waals surface area contributed by atoms with E-state index in [2.05, 4.69) is 17.6 Å². The Bertz CT molecular complexity index is 740. The molecule has 0 spiro atoms. The second kappa shape index (κ2) is 9.22. The molecule has 5 nitrogen and oxygen atoms in total. The molecule has 0 saturated heterocycles. The number of amides is 2. The molecule has 0 unspecified atom stereocenters. The van der Waals surface area contributed by atoms with E-state index in [0.29, 0.717) is 22.9 Å². The highest BCUT2D eigenvalue weighted by Gasteiger charge is 2.13. The molecule has 0 bridgehead atoms. The highest BCUT2D eigenvalue weighted by Crippen LogP contribution is 2.24. The van der Waals surface area contributed by atoms with Crippen LogP contribution in [0.3, 0.4) is 0 Å². The van der Waals surface area contributed by atoms with Crippen molar-refractivity contribution in [1.29, 1.82) is 0 Å². The molecular formula is C19H24N2O3S. The maximum Gasteiger partial charge on any atom is 0.261 e. The number of carbonyl (C=O) groups is 2. The van der Waals surface area contributed by atoms with Gasteiger partial charge in [0.2, 0.25) is 5.91 Å². The summed E-state index contributed by atoms with van der Waals surface area (Å²) in [6, 6.07) is 9.14. The van der Waals surface area contributed by atoms with E-state index in [1.165, 1.54) is 16.2 Å². The zero-order chi connectivity index (χ0) is 18.2. The van der Waals surface area contributed by atoms with Crippen LogP contribution in [0, 0.1) is 6.92 Å². The van der Waals surface area contributed by atoms with Crippen molar-refractivity contribution in [3.63, 3.8) is 0 Å². The number of carbonyl (C=O) groups excluding carboxylic acids is 2. The van der Waals surface area contributed by atoms with Crippen molar-refractivity contribution in [3.05, 3.63) is 45.6 Å². The van der Waals surface area contributed by atoms with E-state index >= 15 is 0 Å². The summed E-state index contributed by atoms with van der Waals surface area (Å²) in [6.45, 7) is 6.57. The number of rotatable bonds is 8. The maximum absolute atomic E-state index is 12.2. The van der Waals surface area contributed by atoms with Crippen LogP contribution in [0.2, 0.25) is 0 Å². The lowest BCUT2D eigenvalue weighted by molar-refractivity contribution is -0.115. The van der Waals surface area contributed by atoms with Crippen LogP contribution in [-0.2, 0) is 11.2 Å². The Kier molecular flexibility index (Phi) is 7.01. The predicted octanol–water partition coefficient (Wildman–Crippen LogP) is 3.78. The van der Waals surface area contributed by atoms with Gasteiger partial charge in [-0.05, 0) is 43.5 Å². The van der Waals surface area contributed by atoms with Gasteiger partial charge in [0.1, 0.15) is 5.75 Å². The van der Waals surface area contributed by atoms with Crippen LogP contribution < -0.4 is 15.4 Å². The minimum Gasteiger partial charge on any atom is -0.491 e. The smallest absolute Gasteiger partial charge is 0.261 e. The maximum atomic E-state index is 12.2. The first kappa shape index (κ1) is 19.0. The molecule has 0 fully saturated rings. The molecule has 2 N–H and O–H groups in total. The number of ether oxygens (including phenoxy) is 1. The van der Waals surface area contributed by atoms with E-state index in [-0.39, 0.29) is 18.4 Å². The van der Waals surface area contributed by atoms with Crippen molar-refractivity contribution in [2.45, 2.75) is 33.6 Å². The topological polar surface area (TPSA) is 67.4 Å². The number of para-hydroxylation sites is 2. The lowest BCUT2D eigenvalue weighted by Gasteiger charge is -2.12. The van der Waals surface area contributed by atoms with E-state index in [1.54, 1.807) is 6.07 Å². The largest absolute Gasteiger partial charge is 0.491 e. The highest BCUT2D eigenvalue weighted by atomic mass is 32.1.